The van der Waals surface area contributed by atoms with Crippen molar-refractivity contribution in [2.75, 3.05) is 0 Å². The summed E-state index contributed by atoms with van der Waals surface area (Å²) in [6, 6.07) is 4.97. The van der Waals surface area contributed by atoms with Crippen molar-refractivity contribution in [2.24, 2.45) is 5.92 Å². The molecule has 3 heteroatoms. The molecule has 0 heterocycles. The SMILES string of the molecule is CC(C)C(Br)CCc1cccc(F)c1Cl. The van der Waals surface area contributed by atoms with Crippen molar-refractivity contribution in [3.05, 3.63) is 34.6 Å². The molecule has 15 heavy (non-hydrogen) atoms. The van der Waals surface area contributed by atoms with Gasteiger partial charge in [0.15, 0.2) is 0 Å². The molecule has 0 saturated carbocycles. The molecule has 0 bridgehead atoms. The number of aryl methyl sites for hydroxylation is 1. The fourth-order valence-corrected chi connectivity index (χ4v) is 1.82. The average Bonchev–Trinajstić information content (AvgIpc) is 2.19. The van der Waals surface area contributed by atoms with Crippen molar-refractivity contribution >= 4 is 27.5 Å². The monoisotopic (exact) mass is 292 g/mol. The lowest BCUT2D eigenvalue weighted by molar-refractivity contribution is 0.579. The highest BCUT2D eigenvalue weighted by Crippen LogP contribution is 2.24. The van der Waals surface area contributed by atoms with Gasteiger partial charge in [0.05, 0.1) is 5.02 Å². The van der Waals surface area contributed by atoms with Gasteiger partial charge in [-0.05, 0) is 30.4 Å². The highest BCUT2D eigenvalue weighted by atomic mass is 79.9. The second-order valence-electron chi connectivity index (χ2n) is 4.01. The van der Waals surface area contributed by atoms with Crippen LogP contribution in [-0.4, -0.2) is 4.83 Å². The Labute approximate surface area is 104 Å². The molecule has 1 unspecified atom stereocenters. The Morgan fingerprint density at radius 1 is 1.40 bits per heavy atom. The maximum absolute atomic E-state index is 13.1. The first-order chi connectivity index (χ1) is 7.02. The summed E-state index contributed by atoms with van der Waals surface area (Å²) in [4.78, 5) is 0.455. The number of benzene rings is 1. The van der Waals surface area contributed by atoms with E-state index in [1.807, 2.05) is 6.07 Å². The Kier molecular flexibility index (Phi) is 5.07. The van der Waals surface area contributed by atoms with Crippen molar-refractivity contribution in [1.29, 1.82) is 0 Å². The molecule has 1 rings (SSSR count). The zero-order valence-electron chi connectivity index (χ0n) is 8.93. The molecule has 1 aromatic carbocycles. The van der Waals surface area contributed by atoms with Gasteiger partial charge < -0.3 is 0 Å². The summed E-state index contributed by atoms with van der Waals surface area (Å²) in [6.07, 6.45) is 1.78. The quantitative estimate of drug-likeness (QED) is 0.697. The van der Waals surface area contributed by atoms with Gasteiger partial charge in [0.25, 0.3) is 0 Å². The van der Waals surface area contributed by atoms with Crippen LogP contribution in [0, 0.1) is 11.7 Å². The van der Waals surface area contributed by atoms with Gasteiger partial charge >= 0.3 is 0 Å². The van der Waals surface area contributed by atoms with E-state index in [1.165, 1.54) is 6.07 Å². The number of rotatable bonds is 4. The van der Waals surface area contributed by atoms with Crippen LogP contribution in [0.15, 0.2) is 18.2 Å². The Morgan fingerprint density at radius 2 is 2.07 bits per heavy atom. The molecule has 0 saturated heterocycles. The van der Waals surface area contributed by atoms with Crippen molar-refractivity contribution in [2.45, 2.75) is 31.5 Å². The third kappa shape index (κ3) is 3.76. The molecule has 0 aliphatic carbocycles. The Bertz CT molecular complexity index is 325. The second kappa shape index (κ2) is 5.86. The van der Waals surface area contributed by atoms with Gasteiger partial charge in [0.2, 0.25) is 0 Å². The summed E-state index contributed by atoms with van der Waals surface area (Å²) in [5, 5.41) is 0.265. The summed E-state index contributed by atoms with van der Waals surface area (Å²) >= 11 is 9.47. The zero-order chi connectivity index (χ0) is 11.4. The number of hydrogen-bond acceptors (Lipinski definition) is 0. The summed E-state index contributed by atoms with van der Waals surface area (Å²) in [6.45, 7) is 4.32. The molecule has 84 valence electrons. The normalized spacial score (nSPS) is 13.2. The van der Waals surface area contributed by atoms with Crippen LogP contribution < -0.4 is 0 Å². The standard InChI is InChI=1S/C12H15BrClF/c1-8(2)10(13)7-6-9-4-3-5-11(15)12(9)14/h3-5,8,10H,6-7H2,1-2H3. The van der Waals surface area contributed by atoms with Gasteiger partial charge in [-0.1, -0.05) is 53.5 Å². The molecule has 0 aliphatic heterocycles. The molecule has 0 amide bonds. The van der Waals surface area contributed by atoms with Crippen molar-refractivity contribution in [3.8, 4) is 0 Å². The first-order valence-corrected chi connectivity index (χ1v) is 6.38. The fourth-order valence-electron chi connectivity index (χ4n) is 1.37. The van der Waals surface area contributed by atoms with E-state index >= 15 is 0 Å². The first-order valence-electron chi connectivity index (χ1n) is 5.09. The molecule has 0 nitrogen and oxygen atoms in total. The van der Waals surface area contributed by atoms with E-state index in [4.69, 9.17) is 11.6 Å². The van der Waals surface area contributed by atoms with Gasteiger partial charge in [0.1, 0.15) is 5.82 Å². The minimum absolute atomic E-state index is 0.265. The maximum atomic E-state index is 13.1. The number of halogens is 3. The predicted octanol–water partition coefficient (Wildman–Crippen LogP) is 4.83. The van der Waals surface area contributed by atoms with Crippen molar-refractivity contribution in [3.63, 3.8) is 0 Å². The van der Waals surface area contributed by atoms with Crippen LogP contribution >= 0.6 is 27.5 Å². The van der Waals surface area contributed by atoms with Crippen LogP contribution in [0.1, 0.15) is 25.8 Å². The highest BCUT2D eigenvalue weighted by Gasteiger charge is 2.11. The molecular weight excluding hydrogens is 278 g/mol. The van der Waals surface area contributed by atoms with E-state index < -0.39 is 0 Å². The Balaban J connectivity index is 2.62. The molecule has 0 N–H and O–H groups in total. The lowest BCUT2D eigenvalue weighted by Crippen LogP contribution is -2.08. The Hall–Kier alpha value is -0.0800. The maximum Gasteiger partial charge on any atom is 0.142 e. The topological polar surface area (TPSA) is 0 Å². The van der Waals surface area contributed by atoms with E-state index in [0.717, 1.165) is 18.4 Å². The molecule has 1 atom stereocenters. The number of hydrogen-bond donors (Lipinski definition) is 0. The summed E-state index contributed by atoms with van der Waals surface area (Å²) in [7, 11) is 0. The van der Waals surface area contributed by atoms with Gasteiger partial charge in [-0.25, -0.2) is 4.39 Å². The summed E-state index contributed by atoms with van der Waals surface area (Å²) in [5.41, 5.74) is 0.891. The van der Waals surface area contributed by atoms with Gasteiger partial charge in [0, 0.05) is 4.83 Å². The molecule has 0 aliphatic rings. The summed E-state index contributed by atoms with van der Waals surface area (Å²) < 4.78 is 13.1. The third-order valence-corrected chi connectivity index (χ3v) is 4.38. The molecular formula is C12H15BrClF. The van der Waals surface area contributed by atoms with Crippen molar-refractivity contribution in [1.82, 2.24) is 0 Å². The molecule has 0 radical (unpaired) electrons. The lowest BCUT2D eigenvalue weighted by atomic mass is 10.0. The molecule has 0 aromatic heterocycles. The van der Waals surface area contributed by atoms with Crippen LogP contribution in [0.3, 0.4) is 0 Å². The second-order valence-corrected chi connectivity index (χ2v) is 5.57. The van der Waals surface area contributed by atoms with E-state index in [0.29, 0.717) is 10.7 Å². The molecule has 0 fully saturated rings. The lowest BCUT2D eigenvalue weighted by Gasteiger charge is -2.13. The van der Waals surface area contributed by atoms with Gasteiger partial charge in [-0.3, -0.25) is 0 Å². The molecule has 0 spiro atoms. The van der Waals surface area contributed by atoms with E-state index in [2.05, 4.69) is 29.8 Å². The highest BCUT2D eigenvalue weighted by molar-refractivity contribution is 9.09. The minimum atomic E-state index is -0.329. The van der Waals surface area contributed by atoms with Crippen molar-refractivity contribution < 1.29 is 4.39 Å². The van der Waals surface area contributed by atoms with Crippen LogP contribution in [0.4, 0.5) is 4.39 Å². The van der Waals surface area contributed by atoms with Crippen LogP contribution in [0.25, 0.3) is 0 Å². The number of alkyl halides is 1. The fraction of sp³-hybridized carbons (Fsp3) is 0.500. The van der Waals surface area contributed by atoms with Crippen LogP contribution in [0.2, 0.25) is 5.02 Å². The smallest absolute Gasteiger partial charge is 0.142 e. The third-order valence-electron chi connectivity index (χ3n) is 2.44. The molecule has 1 aromatic rings. The first kappa shape index (κ1) is 13.0. The Morgan fingerprint density at radius 3 is 2.67 bits per heavy atom. The largest absolute Gasteiger partial charge is 0.205 e. The predicted molar refractivity (Wildman–Crippen MR) is 67.3 cm³/mol. The van der Waals surface area contributed by atoms with Gasteiger partial charge in [-0.15, -0.1) is 0 Å². The average molecular weight is 294 g/mol. The van der Waals surface area contributed by atoms with E-state index in [1.54, 1.807) is 6.07 Å². The summed E-state index contributed by atoms with van der Waals surface area (Å²) in [5.74, 6) is 0.252. The zero-order valence-corrected chi connectivity index (χ0v) is 11.3. The van der Waals surface area contributed by atoms with E-state index in [-0.39, 0.29) is 10.8 Å². The van der Waals surface area contributed by atoms with E-state index in [9.17, 15) is 4.39 Å². The minimum Gasteiger partial charge on any atom is -0.205 e. The van der Waals surface area contributed by atoms with Gasteiger partial charge in [-0.2, -0.15) is 0 Å². The van der Waals surface area contributed by atoms with Crippen LogP contribution in [0.5, 0.6) is 0 Å². The van der Waals surface area contributed by atoms with Crippen LogP contribution in [-0.2, 0) is 6.42 Å².